The summed E-state index contributed by atoms with van der Waals surface area (Å²) in [5.74, 6) is 0.0434. The minimum absolute atomic E-state index is 0.311. The highest BCUT2D eigenvalue weighted by atomic mass is 19.1. The summed E-state index contributed by atoms with van der Waals surface area (Å²) in [5.41, 5.74) is 3.86. The van der Waals surface area contributed by atoms with Crippen LogP contribution in [0.4, 0.5) is 10.2 Å². The molecule has 0 aliphatic rings. The van der Waals surface area contributed by atoms with Gasteiger partial charge in [-0.3, -0.25) is 9.48 Å². The van der Waals surface area contributed by atoms with Gasteiger partial charge in [-0.2, -0.15) is 10.2 Å². The number of rotatable bonds is 5. The number of aromatic nitrogens is 6. The molecule has 0 bridgehead atoms. The van der Waals surface area contributed by atoms with Crippen LogP contribution < -0.4 is 10.1 Å². The molecular formula is C23H18FN7O2. The number of fused-ring (bicyclic) bond motifs is 1. The molecule has 1 aromatic carbocycles. The molecule has 1 amide bonds. The van der Waals surface area contributed by atoms with Crippen LogP contribution in [0.5, 0.6) is 5.88 Å². The zero-order valence-electron chi connectivity index (χ0n) is 17.7. The molecule has 10 heteroatoms. The SMILES string of the molecule is COc1cc(C(=O)Nc2cn3nc(-c4cn(C)nc4-c4ccc(F)cc4)ccc3n2)ccn1. The van der Waals surface area contributed by atoms with Gasteiger partial charge in [0.15, 0.2) is 11.5 Å². The van der Waals surface area contributed by atoms with Gasteiger partial charge in [-0.1, -0.05) is 0 Å². The predicted octanol–water partition coefficient (Wildman–Crippen LogP) is 3.59. The van der Waals surface area contributed by atoms with Gasteiger partial charge >= 0.3 is 0 Å². The van der Waals surface area contributed by atoms with Crippen molar-refractivity contribution < 1.29 is 13.9 Å². The number of anilines is 1. The van der Waals surface area contributed by atoms with E-state index in [1.54, 1.807) is 45.7 Å². The smallest absolute Gasteiger partial charge is 0.257 e. The van der Waals surface area contributed by atoms with Crippen LogP contribution >= 0.6 is 0 Å². The maximum absolute atomic E-state index is 13.4. The van der Waals surface area contributed by atoms with Crippen molar-refractivity contribution in [2.75, 3.05) is 12.4 Å². The van der Waals surface area contributed by atoms with Crippen LogP contribution in [0, 0.1) is 5.82 Å². The van der Waals surface area contributed by atoms with Crippen LogP contribution in [-0.4, -0.2) is 42.4 Å². The highest BCUT2D eigenvalue weighted by molar-refractivity contribution is 6.04. The average molecular weight is 443 g/mol. The first-order valence-corrected chi connectivity index (χ1v) is 9.98. The summed E-state index contributed by atoms with van der Waals surface area (Å²) in [6.07, 6.45) is 4.98. The van der Waals surface area contributed by atoms with E-state index in [4.69, 9.17) is 4.74 Å². The molecule has 9 nitrogen and oxygen atoms in total. The van der Waals surface area contributed by atoms with E-state index in [-0.39, 0.29) is 11.7 Å². The maximum atomic E-state index is 13.4. The summed E-state index contributed by atoms with van der Waals surface area (Å²) in [4.78, 5) is 21.0. The zero-order valence-corrected chi connectivity index (χ0v) is 17.7. The van der Waals surface area contributed by atoms with Crippen molar-refractivity contribution in [3.63, 3.8) is 0 Å². The third kappa shape index (κ3) is 4.01. The van der Waals surface area contributed by atoms with E-state index in [1.165, 1.54) is 25.4 Å². The largest absolute Gasteiger partial charge is 0.481 e. The van der Waals surface area contributed by atoms with Gasteiger partial charge in [-0.05, 0) is 42.5 Å². The van der Waals surface area contributed by atoms with Crippen LogP contribution in [-0.2, 0) is 7.05 Å². The molecule has 33 heavy (non-hydrogen) atoms. The Bertz CT molecular complexity index is 1470. The van der Waals surface area contributed by atoms with Crippen molar-refractivity contribution in [3.05, 3.63) is 78.5 Å². The topological polar surface area (TPSA) is 99.2 Å². The van der Waals surface area contributed by atoms with Crippen LogP contribution in [0.25, 0.3) is 28.2 Å². The molecule has 4 heterocycles. The van der Waals surface area contributed by atoms with Gasteiger partial charge in [0.2, 0.25) is 5.88 Å². The Hall–Kier alpha value is -4.60. The number of carbonyl (C=O) groups is 1. The molecule has 0 fully saturated rings. The molecule has 0 spiro atoms. The van der Waals surface area contributed by atoms with Crippen molar-refractivity contribution in [1.29, 1.82) is 0 Å². The number of carbonyl (C=O) groups excluding carboxylic acids is 1. The Morgan fingerprint density at radius 3 is 2.67 bits per heavy atom. The molecule has 0 saturated heterocycles. The average Bonchev–Trinajstić information content (AvgIpc) is 3.41. The van der Waals surface area contributed by atoms with Crippen LogP contribution in [0.15, 0.2) is 67.1 Å². The van der Waals surface area contributed by atoms with Gasteiger partial charge < -0.3 is 10.1 Å². The second-order valence-electron chi connectivity index (χ2n) is 7.26. The fourth-order valence-corrected chi connectivity index (χ4v) is 3.43. The van der Waals surface area contributed by atoms with Crippen LogP contribution in [0.1, 0.15) is 10.4 Å². The van der Waals surface area contributed by atoms with Gasteiger partial charge in [-0.15, -0.1) is 0 Å². The van der Waals surface area contributed by atoms with E-state index in [0.717, 1.165) is 11.1 Å². The third-order valence-corrected chi connectivity index (χ3v) is 4.99. The second kappa shape index (κ2) is 8.15. The van der Waals surface area contributed by atoms with Gasteiger partial charge in [0.25, 0.3) is 5.91 Å². The lowest BCUT2D eigenvalue weighted by Gasteiger charge is -2.03. The molecule has 0 unspecified atom stereocenters. The molecule has 4 aromatic heterocycles. The number of imidazole rings is 1. The maximum Gasteiger partial charge on any atom is 0.257 e. The molecule has 0 aliphatic heterocycles. The van der Waals surface area contributed by atoms with Crippen molar-refractivity contribution in [2.45, 2.75) is 0 Å². The van der Waals surface area contributed by atoms with E-state index < -0.39 is 0 Å². The fourth-order valence-electron chi connectivity index (χ4n) is 3.43. The quantitative estimate of drug-likeness (QED) is 0.446. The molecule has 5 aromatic rings. The molecule has 5 rings (SSSR count). The first-order valence-electron chi connectivity index (χ1n) is 9.98. The second-order valence-corrected chi connectivity index (χ2v) is 7.26. The minimum Gasteiger partial charge on any atom is -0.481 e. The van der Waals surface area contributed by atoms with Crippen molar-refractivity contribution in [3.8, 4) is 28.4 Å². The highest BCUT2D eigenvalue weighted by Crippen LogP contribution is 2.30. The number of nitrogens with one attached hydrogen (secondary N) is 1. The summed E-state index contributed by atoms with van der Waals surface area (Å²) in [7, 11) is 3.30. The number of nitrogens with zero attached hydrogens (tertiary/aromatic N) is 6. The first-order chi connectivity index (χ1) is 16.0. The Morgan fingerprint density at radius 1 is 1.06 bits per heavy atom. The van der Waals surface area contributed by atoms with Gasteiger partial charge in [0.05, 0.1) is 19.0 Å². The molecule has 0 saturated carbocycles. The Kier molecular flexibility index (Phi) is 5.02. The molecular weight excluding hydrogens is 425 g/mol. The number of benzene rings is 1. The number of aryl methyl sites for hydroxylation is 1. The van der Waals surface area contributed by atoms with Gasteiger partial charge in [0, 0.05) is 42.2 Å². The summed E-state index contributed by atoms with van der Waals surface area (Å²) in [6, 6.07) is 12.9. The van der Waals surface area contributed by atoms with Crippen LogP contribution in [0.2, 0.25) is 0 Å². The standard InChI is InChI=1S/C23H18FN7O2/c1-30-12-17(22(29-30)14-3-5-16(24)6-4-14)18-7-8-20-26-19(13-31(20)28-18)27-23(32)15-9-10-25-21(11-15)33-2/h3-13H,1-2H3,(H,27,32). The summed E-state index contributed by atoms with van der Waals surface area (Å²) >= 11 is 0. The van der Waals surface area contributed by atoms with Crippen molar-refractivity contribution in [2.24, 2.45) is 7.05 Å². The van der Waals surface area contributed by atoms with Crippen molar-refractivity contribution >= 4 is 17.4 Å². The lowest BCUT2D eigenvalue weighted by Crippen LogP contribution is -2.12. The number of pyridine rings is 1. The Labute approximate surface area is 187 Å². The van der Waals surface area contributed by atoms with Gasteiger partial charge in [0.1, 0.15) is 11.5 Å². The normalized spacial score (nSPS) is 11.0. The van der Waals surface area contributed by atoms with E-state index in [2.05, 4.69) is 25.5 Å². The fraction of sp³-hybridized carbons (Fsp3) is 0.0870. The summed E-state index contributed by atoms with van der Waals surface area (Å²) < 4.78 is 21.7. The lowest BCUT2D eigenvalue weighted by molar-refractivity contribution is 0.102. The van der Waals surface area contributed by atoms with Crippen LogP contribution in [0.3, 0.4) is 0 Å². The van der Waals surface area contributed by atoms with Crippen molar-refractivity contribution in [1.82, 2.24) is 29.4 Å². The number of ether oxygens (including phenoxy) is 1. The third-order valence-electron chi connectivity index (χ3n) is 4.99. The molecule has 0 radical (unpaired) electrons. The number of hydrogen-bond acceptors (Lipinski definition) is 6. The Morgan fingerprint density at radius 2 is 1.88 bits per heavy atom. The highest BCUT2D eigenvalue weighted by Gasteiger charge is 2.16. The zero-order chi connectivity index (χ0) is 22.9. The number of hydrogen-bond donors (Lipinski definition) is 1. The first kappa shape index (κ1) is 20.3. The minimum atomic E-state index is -0.342. The molecule has 0 aliphatic carbocycles. The van der Waals surface area contributed by atoms with E-state index in [1.807, 2.05) is 19.3 Å². The van der Waals surface area contributed by atoms with E-state index in [9.17, 15) is 9.18 Å². The van der Waals surface area contributed by atoms with E-state index >= 15 is 0 Å². The number of amides is 1. The number of halogens is 1. The Balaban J connectivity index is 1.46. The number of methoxy groups -OCH3 is 1. The predicted molar refractivity (Wildman–Crippen MR) is 119 cm³/mol. The van der Waals surface area contributed by atoms with Gasteiger partial charge in [-0.25, -0.2) is 18.9 Å². The van der Waals surface area contributed by atoms with E-state index in [0.29, 0.717) is 34.3 Å². The summed E-state index contributed by atoms with van der Waals surface area (Å²) in [6.45, 7) is 0. The lowest BCUT2D eigenvalue weighted by atomic mass is 10.1. The molecule has 1 N–H and O–H groups in total. The summed E-state index contributed by atoms with van der Waals surface area (Å²) in [5, 5.41) is 11.9. The molecule has 0 atom stereocenters. The molecule has 164 valence electrons. The monoisotopic (exact) mass is 443 g/mol.